The van der Waals surface area contributed by atoms with E-state index in [-0.39, 0.29) is 5.91 Å². The molecule has 0 aliphatic heterocycles. The molecule has 1 amide bonds. The first-order valence-corrected chi connectivity index (χ1v) is 7.18. The van der Waals surface area contributed by atoms with Gasteiger partial charge in [0, 0.05) is 18.3 Å². The van der Waals surface area contributed by atoms with Crippen molar-refractivity contribution >= 4 is 27.5 Å². The molecule has 104 valence electrons. The maximum atomic E-state index is 12.4. The van der Waals surface area contributed by atoms with E-state index in [0.29, 0.717) is 12.2 Å². The first kappa shape index (κ1) is 14.6. The van der Waals surface area contributed by atoms with Gasteiger partial charge in [-0.05, 0) is 53.2 Å². The van der Waals surface area contributed by atoms with E-state index in [1.165, 1.54) is 0 Å². The number of hydrogen-bond acceptors (Lipinski definition) is 2. The summed E-state index contributed by atoms with van der Waals surface area (Å²) in [6.07, 6.45) is 0. The number of anilines is 1. The summed E-state index contributed by atoms with van der Waals surface area (Å²) in [5.74, 6) is 0.686. The molecule has 0 aliphatic carbocycles. The standard InChI is InChI=1S/C16H16BrNO2/c1-3-20-15-10-9-12(11-14(15)17)16(19)18(2)13-7-5-4-6-8-13/h4-11H,3H2,1-2H3. The summed E-state index contributed by atoms with van der Waals surface area (Å²) in [7, 11) is 1.77. The lowest BCUT2D eigenvalue weighted by molar-refractivity contribution is 0.0993. The van der Waals surface area contributed by atoms with Crippen molar-refractivity contribution in [3.05, 3.63) is 58.6 Å². The van der Waals surface area contributed by atoms with Crippen LogP contribution in [0.5, 0.6) is 5.75 Å². The Morgan fingerprint density at radius 1 is 1.20 bits per heavy atom. The number of halogens is 1. The van der Waals surface area contributed by atoms with Gasteiger partial charge in [-0.3, -0.25) is 4.79 Å². The predicted octanol–water partition coefficient (Wildman–Crippen LogP) is 4.12. The number of para-hydroxylation sites is 1. The summed E-state index contributed by atoms with van der Waals surface area (Å²) < 4.78 is 6.23. The molecule has 0 fully saturated rings. The fourth-order valence-corrected chi connectivity index (χ4v) is 2.36. The van der Waals surface area contributed by atoms with Crippen LogP contribution >= 0.6 is 15.9 Å². The van der Waals surface area contributed by atoms with E-state index in [1.807, 2.05) is 37.3 Å². The summed E-state index contributed by atoms with van der Waals surface area (Å²) in [5.41, 5.74) is 1.48. The van der Waals surface area contributed by atoms with Crippen LogP contribution in [0.2, 0.25) is 0 Å². The second-order valence-electron chi connectivity index (χ2n) is 4.28. The van der Waals surface area contributed by atoms with E-state index in [0.717, 1.165) is 15.9 Å². The van der Waals surface area contributed by atoms with E-state index < -0.39 is 0 Å². The van der Waals surface area contributed by atoms with Crippen LogP contribution in [0, 0.1) is 0 Å². The first-order chi connectivity index (χ1) is 9.63. The summed E-state index contributed by atoms with van der Waals surface area (Å²) in [6, 6.07) is 14.9. The van der Waals surface area contributed by atoms with Gasteiger partial charge >= 0.3 is 0 Å². The van der Waals surface area contributed by atoms with Gasteiger partial charge in [-0.15, -0.1) is 0 Å². The third-order valence-corrected chi connectivity index (χ3v) is 3.55. The Bertz CT molecular complexity index is 599. The van der Waals surface area contributed by atoms with E-state index in [9.17, 15) is 4.79 Å². The normalized spacial score (nSPS) is 10.2. The Labute approximate surface area is 127 Å². The van der Waals surface area contributed by atoms with E-state index in [4.69, 9.17) is 4.74 Å². The van der Waals surface area contributed by atoms with Crippen molar-refractivity contribution in [1.82, 2.24) is 0 Å². The Morgan fingerprint density at radius 2 is 1.90 bits per heavy atom. The fourth-order valence-electron chi connectivity index (χ4n) is 1.87. The highest BCUT2D eigenvalue weighted by atomic mass is 79.9. The molecule has 3 nitrogen and oxygen atoms in total. The monoisotopic (exact) mass is 333 g/mol. The van der Waals surface area contributed by atoms with E-state index >= 15 is 0 Å². The molecule has 2 aromatic carbocycles. The number of amides is 1. The lowest BCUT2D eigenvalue weighted by atomic mass is 10.2. The Balaban J connectivity index is 2.23. The van der Waals surface area contributed by atoms with Crippen molar-refractivity contribution in [2.24, 2.45) is 0 Å². The van der Waals surface area contributed by atoms with Crippen LogP contribution in [-0.2, 0) is 0 Å². The number of carbonyl (C=O) groups excluding carboxylic acids is 1. The van der Waals surface area contributed by atoms with Gasteiger partial charge in [0.25, 0.3) is 5.91 Å². The predicted molar refractivity (Wildman–Crippen MR) is 84.5 cm³/mol. The summed E-state index contributed by atoms with van der Waals surface area (Å²) >= 11 is 3.43. The smallest absolute Gasteiger partial charge is 0.258 e. The van der Waals surface area contributed by atoms with Crippen LogP contribution in [0.3, 0.4) is 0 Å². The minimum atomic E-state index is -0.0556. The summed E-state index contributed by atoms with van der Waals surface area (Å²) in [5, 5.41) is 0. The van der Waals surface area contributed by atoms with E-state index in [1.54, 1.807) is 30.1 Å². The van der Waals surface area contributed by atoms with Crippen molar-refractivity contribution in [2.75, 3.05) is 18.6 Å². The molecule has 20 heavy (non-hydrogen) atoms. The van der Waals surface area contributed by atoms with Crippen molar-refractivity contribution in [2.45, 2.75) is 6.92 Å². The second kappa shape index (κ2) is 6.57. The maximum absolute atomic E-state index is 12.4. The van der Waals surface area contributed by atoms with Crippen molar-refractivity contribution in [3.63, 3.8) is 0 Å². The molecule has 0 saturated heterocycles. The SMILES string of the molecule is CCOc1ccc(C(=O)N(C)c2ccccc2)cc1Br. The molecule has 2 aromatic rings. The molecular formula is C16H16BrNO2. The highest BCUT2D eigenvalue weighted by Crippen LogP contribution is 2.27. The van der Waals surface area contributed by atoms with Crippen LogP contribution < -0.4 is 9.64 Å². The molecule has 0 heterocycles. The molecule has 0 unspecified atom stereocenters. The molecule has 4 heteroatoms. The molecule has 0 atom stereocenters. The molecule has 2 rings (SSSR count). The Hall–Kier alpha value is -1.81. The molecule has 0 saturated carbocycles. The van der Waals surface area contributed by atoms with Crippen LogP contribution in [0.25, 0.3) is 0 Å². The lowest BCUT2D eigenvalue weighted by Gasteiger charge is -2.17. The van der Waals surface area contributed by atoms with Crippen LogP contribution in [0.1, 0.15) is 17.3 Å². The largest absolute Gasteiger partial charge is 0.493 e. The van der Waals surface area contributed by atoms with Crippen LogP contribution in [0.4, 0.5) is 5.69 Å². The topological polar surface area (TPSA) is 29.5 Å². The van der Waals surface area contributed by atoms with Crippen LogP contribution in [0.15, 0.2) is 53.0 Å². The minimum absolute atomic E-state index is 0.0556. The average molecular weight is 334 g/mol. The number of hydrogen-bond donors (Lipinski definition) is 0. The third-order valence-electron chi connectivity index (χ3n) is 2.93. The van der Waals surface area contributed by atoms with Crippen molar-refractivity contribution < 1.29 is 9.53 Å². The van der Waals surface area contributed by atoms with Gasteiger partial charge in [-0.2, -0.15) is 0 Å². The Morgan fingerprint density at radius 3 is 2.50 bits per heavy atom. The zero-order valence-corrected chi connectivity index (χ0v) is 13.1. The van der Waals surface area contributed by atoms with Crippen molar-refractivity contribution in [1.29, 1.82) is 0 Å². The second-order valence-corrected chi connectivity index (χ2v) is 5.13. The quantitative estimate of drug-likeness (QED) is 0.842. The van der Waals surface area contributed by atoms with Gasteiger partial charge in [0.1, 0.15) is 5.75 Å². The highest BCUT2D eigenvalue weighted by Gasteiger charge is 2.14. The number of ether oxygens (including phenoxy) is 1. The number of benzene rings is 2. The molecular weight excluding hydrogens is 318 g/mol. The molecule has 0 bridgehead atoms. The number of carbonyl (C=O) groups is 1. The van der Waals surface area contributed by atoms with Gasteiger partial charge in [0.15, 0.2) is 0 Å². The van der Waals surface area contributed by atoms with Gasteiger partial charge in [-0.1, -0.05) is 18.2 Å². The number of rotatable bonds is 4. The van der Waals surface area contributed by atoms with E-state index in [2.05, 4.69) is 15.9 Å². The minimum Gasteiger partial charge on any atom is -0.493 e. The van der Waals surface area contributed by atoms with Crippen molar-refractivity contribution in [3.8, 4) is 5.75 Å². The molecule has 0 radical (unpaired) electrons. The number of nitrogens with zero attached hydrogens (tertiary/aromatic N) is 1. The fraction of sp³-hybridized carbons (Fsp3) is 0.188. The average Bonchev–Trinajstić information content (AvgIpc) is 2.49. The molecule has 0 aromatic heterocycles. The van der Waals surface area contributed by atoms with Gasteiger partial charge in [0.2, 0.25) is 0 Å². The lowest BCUT2D eigenvalue weighted by Crippen LogP contribution is -2.26. The molecule has 0 spiro atoms. The Kier molecular flexibility index (Phi) is 4.79. The summed E-state index contributed by atoms with van der Waals surface area (Å²) in [6.45, 7) is 2.52. The maximum Gasteiger partial charge on any atom is 0.258 e. The first-order valence-electron chi connectivity index (χ1n) is 6.39. The van der Waals surface area contributed by atoms with Crippen LogP contribution in [-0.4, -0.2) is 19.6 Å². The van der Waals surface area contributed by atoms with Gasteiger partial charge < -0.3 is 9.64 Å². The zero-order valence-electron chi connectivity index (χ0n) is 11.5. The highest BCUT2D eigenvalue weighted by molar-refractivity contribution is 9.10. The molecule has 0 aliphatic rings. The van der Waals surface area contributed by atoms with Gasteiger partial charge in [-0.25, -0.2) is 0 Å². The third kappa shape index (κ3) is 3.20. The summed E-state index contributed by atoms with van der Waals surface area (Å²) in [4.78, 5) is 14.1. The molecule has 0 N–H and O–H groups in total. The van der Waals surface area contributed by atoms with Gasteiger partial charge in [0.05, 0.1) is 11.1 Å². The zero-order chi connectivity index (χ0) is 14.5.